The SMILES string of the molecule is CC(C)c1ccc(/C=N\NC(=O)c2nnn(-c3nonc3N)c2CN(C)C2CCCCC2)cc1. The number of nitrogens with two attached hydrogens (primary N) is 1. The average Bonchev–Trinajstić information content (AvgIpc) is 3.45. The Hall–Kier alpha value is -3.60. The van der Waals surface area contributed by atoms with Crippen LogP contribution in [0.3, 0.4) is 0 Å². The van der Waals surface area contributed by atoms with E-state index in [1.807, 2.05) is 19.2 Å². The van der Waals surface area contributed by atoms with E-state index >= 15 is 0 Å². The average molecular weight is 466 g/mol. The van der Waals surface area contributed by atoms with Crippen molar-refractivity contribution in [3.05, 3.63) is 46.8 Å². The number of nitrogens with zero attached hydrogens (tertiary/aromatic N) is 7. The Balaban J connectivity index is 1.53. The molecule has 0 spiro atoms. The fourth-order valence-corrected chi connectivity index (χ4v) is 4.20. The number of hydrazone groups is 1. The highest BCUT2D eigenvalue weighted by molar-refractivity contribution is 5.94. The smallest absolute Gasteiger partial charge is 0.293 e. The molecule has 0 aliphatic heterocycles. The van der Waals surface area contributed by atoms with Gasteiger partial charge in [-0.05, 0) is 47.2 Å². The molecule has 0 radical (unpaired) electrons. The van der Waals surface area contributed by atoms with Gasteiger partial charge in [0.2, 0.25) is 11.6 Å². The van der Waals surface area contributed by atoms with Crippen LogP contribution < -0.4 is 11.2 Å². The van der Waals surface area contributed by atoms with Gasteiger partial charge in [0.1, 0.15) is 0 Å². The molecule has 0 saturated heterocycles. The summed E-state index contributed by atoms with van der Waals surface area (Å²) in [7, 11) is 2.04. The van der Waals surface area contributed by atoms with Crippen molar-refractivity contribution in [3.63, 3.8) is 0 Å². The number of nitrogens with one attached hydrogen (secondary N) is 1. The molecule has 180 valence electrons. The molecular weight excluding hydrogens is 434 g/mol. The molecule has 0 unspecified atom stereocenters. The summed E-state index contributed by atoms with van der Waals surface area (Å²) < 4.78 is 6.14. The van der Waals surface area contributed by atoms with Gasteiger partial charge in [0.25, 0.3) is 5.91 Å². The maximum atomic E-state index is 13.0. The molecule has 4 rings (SSSR count). The summed E-state index contributed by atoms with van der Waals surface area (Å²) in [5, 5.41) is 19.8. The fourth-order valence-electron chi connectivity index (χ4n) is 4.20. The number of carbonyl (C=O) groups is 1. The van der Waals surface area contributed by atoms with Crippen molar-refractivity contribution >= 4 is 17.9 Å². The molecule has 1 saturated carbocycles. The second kappa shape index (κ2) is 10.6. The first-order valence-electron chi connectivity index (χ1n) is 11.6. The first-order chi connectivity index (χ1) is 16.4. The zero-order valence-corrected chi connectivity index (χ0v) is 19.8. The van der Waals surface area contributed by atoms with Crippen LogP contribution in [0.2, 0.25) is 0 Å². The molecule has 0 bridgehead atoms. The van der Waals surface area contributed by atoms with Crippen LogP contribution in [0.5, 0.6) is 0 Å². The van der Waals surface area contributed by atoms with Crippen molar-refractivity contribution < 1.29 is 9.42 Å². The number of hydrogen-bond acceptors (Lipinski definition) is 9. The maximum absolute atomic E-state index is 13.0. The van der Waals surface area contributed by atoms with Crippen molar-refractivity contribution in [1.82, 2.24) is 35.6 Å². The summed E-state index contributed by atoms with van der Waals surface area (Å²) in [6.07, 6.45) is 7.50. The summed E-state index contributed by atoms with van der Waals surface area (Å²) in [4.78, 5) is 15.2. The molecule has 3 N–H and O–H groups in total. The normalized spacial score (nSPS) is 15.0. The van der Waals surface area contributed by atoms with E-state index in [4.69, 9.17) is 10.4 Å². The van der Waals surface area contributed by atoms with E-state index in [1.165, 1.54) is 29.5 Å². The second-order valence-corrected chi connectivity index (χ2v) is 9.00. The lowest BCUT2D eigenvalue weighted by Gasteiger charge is -2.31. The van der Waals surface area contributed by atoms with Crippen LogP contribution in [0.4, 0.5) is 5.82 Å². The first-order valence-corrected chi connectivity index (χ1v) is 11.6. The fraction of sp³-hybridized carbons (Fsp3) is 0.478. The zero-order valence-electron chi connectivity index (χ0n) is 19.8. The van der Waals surface area contributed by atoms with Crippen molar-refractivity contribution in [2.75, 3.05) is 12.8 Å². The van der Waals surface area contributed by atoms with Crippen molar-refractivity contribution in [2.24, 2.45) is 5.10 Å². The number of benzene rings is 1. The van der Waals surface area contributed by atoms with E-state index in [2.05, 4.69) is 62.0 Å². The number of carbonyl (C=O) groups excluding carboxylic acids is 1. The maximum Gasteiger partial charge on any atom is 0.293 e. The van der Waals surface area contributed by atoms with Gasteiger partial charge in [-0.15, -0.1) is 5.10 Å². The topological polar surface area (TPSA) is 140 Å². The quantitative estimate of drug-likeness (QED) is 0.382. The molecule has 3 aromatic rings. The van der Waals surface area contributed by atoms with E-state index in [-0.39, 0.29) is 17.3 Å². The Morgan fingerprint density at radius 1 is 1.26 bits per heavy atom. The molecule has 0 atom stereocenters. The van der Waals surface area contributed by atoms with Gasteiger partial charge in [0.15, 0.2) is 5.69 Å². The standard InChI is InChI=1S/C23H31N9O2/c1-15(2)17-11-9-16(10-12-17)13-25-27-23(33)20-19(14-31(3)18-7-5-4-6-8-18)32(30-26-20)22-21(24)28-34-29-22/h9-13,15,18H,4-8,14H2,1-3H3,(H2,24,28)(H,27,33)/b25-13-. The van der Waals surface area contributed by atoms with Gasteiger partial charge in [-0.1, -0.05) is 62.6 Å². The number of hydrogen-bond donors (Lipinski definition) is 2. The molecule has 1 aliphatic carbocycles. The van der Waals surface area contributed by atoms with E-state index in [1.54, 1.807) is 6.21 Å². The van der Waals surface area contributed by atoms with Crippen molar-refractivity contribution in [3.8, 4) is 5.82 Å². The third-order valence-corrected chi connectivity index (χ3v) is 6.25. The lowest BCUT2D eigenvalue weighted by Crippen LogP contribution is -2.34. The van der Waals surface area contributed by atoms with Gasteiger partial charge in [-0.3, -0.25) is 9.69 Å². The minimum atomic E-state index is -0.469. The Morgan fingerprint density at radius 3 is 2.65 bits per heavy atom. The van der Waals surface area contributed by atoms with Crippen LogP contribution >= 0.6 is 0 Å². The third kappa shape index (κ3) is 5.30. The van der Waals surface area contributed by atoms with Gasteiger partial charge in [0, 0.05) is 12.6 Å². The van der Waals surface area contributed by atoms with Crippen LogP contribution in [-0.4, -0.2) is 55.4 Å². The Labute approximate surface area is 198 Å². The molecule has 1 aromatic carbocycles. The molecule has 1 aliphatic rings. The summed E-state index contributed by atoms with van der Waals surface area (Å²) in [5.41, 5.74) is 11.3. The van der Waals surface area contributed by atoms with Crippen LogP contribution in [0, 0.1) is 0 Å². The summed E-state index contributed by atoms with van der Waals surface area (Å²) >= 11 is 0. The van der Waals surface area contributed by atoms with Crippen LogP contribution in [0.1, 0.15) is 79.2 Å². The molecule has 2 heterocycles. The van der Waals surface area contributed by atoms with E-state index in [9.17, 15) is 4.79 Å². The molecule has 34 heavy (non-hydrogen) atoms. The summed E-state index contributed by atoms with van der Waals surface area (Å²) in [6, 6.07) is 8.45. The minimum absolute atomic E-state index is 0.0706. The van der Waals surface area contributed by atoms with E-state index in [0.29, 0.717) is 24.2 Å². The monoisotopic (exact) mass is 465 g/mol. The number of nitrogen functional groups attached to an aromatic ring is 1. The number of amides is 1. The number of anilines is 1. The highest BCUT2D eigenvalue weighted by Gasteiger charge is 2.27. The molecule has 1 fully saturated rings. The highest BCUT2D eigenvalue weighted by atomic mass is 16.6. The summed E-state index contributed by atoms with van der Waals surface area (Å²) in [5.74, 6) is 0.254. The van der Waals surface area contributed by atoms with Crippen molar-refractivity contribution in [2.45, 2.75) is 64.5 Å². The highest BCUT2D eigenvalue weighted by Crippen LogP contribution is 2.24. The molecule has 2 aromatic heterocycles. The van der Waals surface area contributed by atoms with E-state index < -0.39 is 5.91 Å². The van der Waals surface area contributed by atoms with Crippen LogP contribution in [0.15, 0.2) is 34.0 Å². The lowest BCUT2D eigenvalue weighted by atomic mass is 9.94. The van der Waals surface area contributed by atoms with Gasteiger partial charge >= 0.3 is 0 Å². The number of aromatic nitrogens is 5. The third-order valence-electron chi connectivity index (χ3n) is 6.25. The molecule has 11 nitrogen and oxygen atoms in total. The lowest BCUT2D eigenvalue weighted by molar-refractivity contribution is 0.0947. The minimum Gasteiger partial charge on any atom is -0.378 e. The first kappa shape index (κ1) is 23.6. The second-order valence-electron chi connectivity index (χ2n) is 9.00. The summed E-state index contributed by atoms with van der Waals surface area (Å²) in [6.45, 7) is 4.72. The molecule has 11 heteroatoms. The van der Waals surface area contributed by atoms with Gasteiger partial charge in [-0.2, -0.15) is 9.78 Å². The Kier molecular flexibility index (Phi) is 7.31. The Bertz CT molecular complexity index is 1130. The Morgan fingerprint density at radius 2 is 2.00 bits per heavy atom. The van der Waals surface area contributed by atoms with Crippen molar-refractivity contribution in [1.29, 1.82) is 0 Å². The van der Waals surface area contributed by atoms with Gasteiger partial charge in [-0.25, -0.2) is 10.1 Å². The van der Waals surface area contributed by atoms with Crippen LogP contribution in [-0.2, 0) is 6.54 Å². The van der Waals surface area contributed by atoms with E-state index in [0.717, 1.165) is 18.4 Å². The molecular formula is C23H31N9O2. The zero-order chi connectivity index (χ0) is 24.1. The molecule has 1 amide bonds. The van der Waals surface area contributed by atoms with Crippen LogP contribution in [0.25, 0.3) is 5.82 Å². The largest absolute Gasteiger partial charge is 0.378 e. The van der Waals surface area contributed by atoms with Gasteiger partial charge in [0.05, 0.1) is 11.9 Å². The number of rotatable bonds is 8. The van der Waals surface area contributed by atoms with Gasteiger partial charge < -0.3 is 5.73 Å². The predicted octanol–water partition coefficient (Wildman–Crippen LogP) is 2.88. The predicted molar refractivity (Wildman–Crippen MR) is 128 cm³/mol.